The third-order valence-electron chi connectivity index (χ3n) is 5.97. The highest BCUT2D eigenvalue weighted by atomic mass is 16.7. The standard InChI is InChI=1S/C28H27NO6/c1-20-8-12-23(13-9-20)28(34-19-5-18-30,22-6-3-2-4-7-22)24-14-10-21(11-15-24)27(33)35-29-25(31)16-17-26(29)32/h2-4,6-15,30H,5,16-19H2,1H3. The monoisotopic (exact) mass is 473 g/mol. The molecule has 35 heavy (non-hydrogen) atoms. The van der Waals surface area contributed by atoms with Gasteiger partial charge in [-0.25, -0.2) is 4.79 Å². The lowest BCUT2D eigenvalue weighted by Gasteiger charge is -2.36. The van der Waals surface area contributed by atoms with Crippen LogP contribution in [0, 0.1) is 6.92 Å². The maximum atomic E-state index is 12.6. The fraction of sp³-hybridized carbons (Fsp3) is 0.250. The Bertz CT molecular complexity index is 1170. The van der Waals surface area contributed by atoms with Gasteiger partial charge in [0.25, 0.3) is 11.8 Å². The number of hydrogen-bond acceptors (Lipinski definition) is 6. The summed E-state index contributed by atoms with van der Waals surface area (Å²) in [7, 11) is 0. The van der Waals surface area contributed by atoms with Gasteiger partial charge in [0.05, 0.1) is 12.2 Å². The first-order valence-electron chi connectivity index (χ1n) is 11.5. The molecule has 1 aliphatic heterocycles. The Morgan fingerprint density at radius 3 is 1.97 bits per heavy atom. The van der Waals surface area contributed by atoms with Crippen molar-refractivity contribution in [3.05, 3.63) is 107 Å². The van der Waals surface area contributed by atoms with Crippen LogP contribution in [0.15, 0.2) is 78.9 Å². The first-order chi connectivity index (χ1) is 17.0. The largest absolute Gasteiger partial charge is 0.396 e. The van der Waals surface area contributed by atoms with Gasteiger partial charge in [0.15, 0.2) is 0 Å². The van der Waals surface area contributed by atoms with Crippen LogP contribution in [0.1, 0.15) is 51.9 Å². The number of nitrogens with zero attached hydrogens (tertiary/aromatic N) is 1. The summed E-state index contributed by atoms with van der Waals surface area (Å²) >= 11 is 0. The van der Waals surface area contributed by atoms with Crippen molar-refractivity contribution in [3.63, 3.8) is 0 Å². The molecule has 1 N–H and O–H groups in total. The molecule has 1 saturated heterocycles. The number of rotatable bonds is 9. The van der Waals surface area contributed by atoms with Crippen molar-refractivity contribution in [1.82, 2.24) is 5.06 Å². The molecule has 0 saturated carbocycles. The van der Waals surface area contributed by atoms with Crippen LogP contribution in [0.3, 0.4) is 0 Å². The molecule has 180 valence electrons. The summed E-state index contributed by atoms with van der Waals surface area (Å²) in [5.41, 5.74) is 2.88. The molecule has 7 nitrogen and oxygen atoms in total. The maximum absolute atomic E-state index is 12.6. The molecule has 1 fully saturated rings. The molecule has 0 radical (unpaired) electrons. The van der Waals surface area contributed by atoms with E-state index in [0.29, 0.717) is 18.1 Å². The van der Waals surface area contributed by atoms with Gasteiger partial charge in [-0.15, -0.1) is 5.06 Å². The lowest BCUT2D eigenvalue weighted by molar-refractivity contribution is -0.172. The molecule has 3 aromatic rings. The zero-order valence-corrected chi connectivity index (χ0v) is 19.5. The molecule has 0 spiro atoms. The molecule has 0 aromatic heterocycles. The van der Waals surface area contributed by atoms with Gasteiger partial charge in [-0.2, -0.15) is 0 Å². The van der Waals surface area contributed by atoms with Crippen LogP contribution in [0.25, 0.3) is 0 Å². The van der Waals surface area contributed by atoms with Crippen molar-refractivity contribution in [3.8, 4) is 0 Å². The number of ether oxygens (including phenoxy) is 1. The molecule has 1 unspecified atom stereocenters. The SMILES string of the molecule is Cc1ccc(C(OCCCO)(c2ccccc2)c2ccc(C(=O)ON3C(=O)CCC3=O)cc2)cc1. The van der Waals surface area contributed by atoms with E-state index in [2.05, 4.69) is 0 Å². The fourth-order valence-corrected chi connectivity index (χ4v) is 4.14. The van der Waals surface area contributed by atoms with Crippen molar-refractivity contribution in [2.45, 2.75) is 31.8 Å². The van der Waals surface area contributed by atoms with E-state index >= 15 is 0 Å². The summed E-state index contributed by atoms with van der Waals surface area (Å²) < 4.78 is 6.53. The summed E-state index contributed by atoms with van der Waals surface area (Å²) in [6.45, 7) is 2.32. The Hall–Kier alpha value is -3.81. The third-order valence-corrected chi connectivity index (χ3v) is 5.97. The molecule has 1 heterocycles. The van der Waals surface area contributed by atoms with Gasteiger partial charge in [-0.1, -0.05) is 72.3 Å². The number of carbonyl (C=O) groups excluding carboxylic acids is 3. The fourth-order valence-electron chi connectivity index (χ4n) is 4.14. The first kappa shape index (κ1) is 24.3. The topological polar surface area (TPSA) is 93.1 Å². The van der Waals surface area contributed by atoms with Gasteiger partial charge in [0, 0.05) is 19.4 Å². The lowest BCUT2D eigenvalue weighted by Crippen LogP contribution is -2.34. The molecule has 4 rings (SSSR count). The predicted octanol–water partition coefficient (Wildman–Crippen LogP) is 3.91. The average Bonchev–Trinajstić information content (AvgIpc) is 3.20. The Kier molecular flexibility index (Phi) is 7.39. The summed E-state index contributed by atoms with van der Waals surface area (Å²) in [6.07, 6.45) is 0.529. The van der Waals surface area contributed by atoms with E-state index in [1.165, 1.54) is 0 Å². The van der Waals surface area contributed by atoms with E-state index < -0.39 is 23.4 Å². The van der Waals surface area contributed by atoms with Crippen molar-refractivity contribution in [2.24, 2.45) is 0 Å². The van der Waals surface area contributed by atoms with E-state index in [1.807, 2.05) is 61.5 Å². The van der Waals surface area contributed by atoms with Crippen LogP contribution in [0.5, 0.6) is 0 Å². The average molecular weight is 474 g/mol. The minimum absolute atomic E-state index is 0.00249. The molecular weight excluding hydrogens is 446 g/mol. The van der Waals surface area contributed by atoms with Gasteiger partial charge < -0.3 is 14.7 Å². The van der Waals surface area contributed by atoms with Crippen LogP contribution in [0.2, 0.25) is 0 Å². The van der Waals surface area contributed by atoms with Gasteiger partial charge in [-0.3, -0.25) is 9.59 Å². The second kappa shape index (κ2) is 10.6. The zero-order valence-electron chi connectivity index (χ0n) is 19.5. The van der Waals surface area contributed by atoms with Crippen LogP contribution >= 0.6 is 0 Å². The third kappa shape index (κ3) is 5.01. The molecule has 0 aliphatic carbocycles. The van der Waals surface area contributed by atoms with Crippen LogP contribution in [-0.2, 0) is 24.8 Å². The molecular formula is C28H27NO6. The summed E-state index contributed by atoms with van der Waals surface area (Å²) in [4.78, 5) is 41.2. The summed E-state index contributed by atoms with van der Waals surface area (Å²) in [5, 5.41) is 9.92. The number of amides is 2. The number of aryl methyl sites for hydroxylation is 1. The Morgan fingerprint density at radius 2 is 1.40 bits per heavy atom. The van der Waals surface area contributed by atoms with E-state index in [9.17, 15) is 19.5 Å². The van der Waals surface area contributed by atoms with Crippen molar-refractivity contribution >= 4 is 17.8 Å². The molecule has 3 aromatic carbocycles. The first-order valence-corrected chi connectivity index (χ1v) is 11.5. The minimum atomic E-state index is -0.993. The van der Waals surface area contributed by atoms with Crippen LogP contribution in [-0.4, -0.2) is 41.2 Å². The van der Waals surface area contributed by atoms with Crippen LogP contribution in [0.4, 0.5) is 0 Å². The van der Waals surface area contributed by atoms with E-state index in [-0.39, 0.29) is 25.0 Å². The predicted molar refractivity (Wildman–Crippen MR) is 128 cm³/mol. The minimum Gasteiger partial charge on any atom is -0.396 e. The van der Waals surface area contributed by atoms with Crippen molar-refractivity contribution < 1.29 is 29.1 Å². The van der Waals surface area contributed by atoms with Crippen LogP contribution < -0.4 is 0 Å². The Balaban J connectivity index is 1.74. The van der Waals surface area contributed by atoms with E-state index in [1.54, 1.807) is 24.3 Å². The normalized spacial score (nSPS) is 15.2. The molecule has 7 heteroatoms. The van der Waals surface area contributed by atoms with Crippen molar-refractivity contribution in [2.75, 3.05) is 13.2 Å². The highest BCUT2D eigenvalue weighted by Gasteiger charge is 2.38. The Labute approximate surface area is 203 Å². The molecule has 0 bridgehead atoms. The highest BCUT2D eigenvalue weighted by Crippen LogP contribution is 2.41. The zero-order chi connectivity index (χ0) is 24.8. The van der Waals surface area contributed by atoms with E-state index in [0.717, 1.165) is 22.3 Å². The lowest BCUT2D eigenvalue weighted by atomic mass is 9.79. The number of imide groups is 1. The second-order valence-electron chi connectivity index (χ2n) is 8.38. The van der Waals surface area contributed by atoms with Crippen molar-refractivity contribution in [1.29, 1.82) is 0 Å². The number of hydrogen-bond donors (Lipinski definition) is 1. The summed E-state index contributed by atoms with van der Waals surface area (Å²) in [6, 6.07) is 24.5. The second-order valence-corrected chi connectivity index (χ2v) is 8.38. The number of aliphatic hydroxyl groups is 1. The number of hydroxylamine groups is 2. The molecule has 1 aliphatic rings. The van der Waals surface area contributed by atoms with Gasteiger partial charge >= 0.3 is 5.97 Å². The van der Waals surface area contributed by atoms with Gasteiger partial charge in [0.1, 0.15) is 5.60 Å². The van der Waals surface area contributed by atoms with Gasteiger partial charge in [-0.05, 0) is 42.2 Å². The van der Waals surface area contributed by atoms with E-state index in [4.69, 9.17) is 9.57 Å². The number of benzene rings is 3. The summed E-state index contributed by atoms with van der Waals surface area (Å²) in [5.74, 6) is -1.85. The molecule has 2 amide bonds. The smallest absolute Gasteiger partial charge is 0.363 e. The molecule has 1 atom stereocenters. The quantitative estimate of drug-likeness (QED) is 0.288. The number of aliphatic hydroxyl groups excluding tert-OH is 1. The Morgan fingerprint density at radius 1 is 0.857 bits per heavy atom. The van der Waals surface area contributed by atoms with Gasteiger partial charge in [0.2, 0.25) is 0 Å². The number of carbonyl (C=O) groups is 3. The maximum Gasteiger partial charge on any atom is 0.363 e. The highest BCUT2D eigenvalue weighted by molar-refractivity contribution is 6.02.